The molecule has 1 aliphatic carbocycles. The summed E-state index contributed by atoms with van der Waals surface area (Å²) in [5.41, 5.74) is 2.16. The van der Waals surface area contributed by atoms with Crippen LogP contribution in [0.4, 0.5) is 5.69 Å². The predicted octanol–water partition coefficient (Wildman–Crippen LogP) is 4.27. The van der Waals surface area contributed by atoms with Crippen molar-refractivity contribution in [2.75, 3.05) is 18.5 Å². The van der Waals surface area contributed by atoms with Crippen molar-refractivity contribution in [2.24, 2.45) is 5.92 Å². The van der Waals surface area contributed by atoms with Gasteiger partial charge >= 0.3 is 11.9 Å². The number of ether oxygens (including phenoxy) is 1. The molecule has 0 aromatic heterocycles. The number of carboxylic acid groups (broad SMARTS) is 1. The van der Waals surface area contributed by atoms with Crippen LogP contribution < -0.4 is 5.32 Å². The van der Waals surface area contributed by atoms with Crippen LogP contribution in [0.5, 0.6) is 0 Å². The van der Waals surface area contributed by atoms with Crippen LogP contribution in [0.15, 0.2) is 24.8 Å². The molecule has 1 aliphatic rings. The number of carbonyl (C=O) groups excluding carboxylic acids is 1. The van der Waals surface area contributed by atoms with Crippen LogP contribution in [0, 0.1) is 5.92 Å². The molecule has 5 heteroatoms. The number of carboxylic acids is 1. The zero-order valence-electron chi connectivity index (χ0n) is 15.6. The zero-order chi connectivity index (χ0) is 18.9. The van der Waals surface area contributed by atoms with Gasteiger partial charge in [-0.1, -0.05) is 44.7 Å². The monoisotopic (exact) mass is 359 g/mol. The molecule has 0 radical (unpaired) electrons. The third kappa shape index (κ3) is 5.90. The number of hydrogen-bond acceptors (Lipinski definition) is 4. The summed E-state index contributed by atoms with van der Waals surface area (Å²) in [5.74, 6) is -0.670. The minimum atomic E-state index is -0.944. The van der Waals surface area contributed by atoms with Crippen LogP contribution in [-0.4, -0.2) is 30.2 Å². The highest BCUT2D eigenvalue weighted by Gasteiger charge is 2.17. The standard InChI is InChI=1S/C21H29NO4/c1-3-26-21(25)15(2)19-14-18(10-9-17(19)13-20(23)24)22-12-11-16-7-5-4-6-8-16/h9-10,14,16,22H,2-8,11-13H2,1H3,(H,23,24). The van der Waals surface area contributed by atoms with E-state index in [9.17, 15) is 9.59 Å². The molecule has 0 spiro atoms. The summed E-state index contributed by atoms with van der Waals surface area (Å²) >= 11 is 0. The fourth-order valence-corrected chi connectivity index (χ4v) is 3.51. The molecule has 2 rings (SSSR count). The van der Waals surface area contributed by atoms with Crippen molar-refractivity contribution in [2.45, 2.75) is 51.9 Å². The second-order valence-corrected chi connectivity index (χ2v) is 6.86. The Labute approximate surface area is 155 Å². The molecule has 5 nitrogen and oxygen atoms in total. The Morgan fingerprint density at radius 3 is 2.65 bits per heavy atom. The lowest BCUT2D eigenvalue weighted by Gasteiger charge is -2.22. The smallest absolute Gasteiger partial charge is 0.338 e. The van der Waals surface area contributed by atoms with Gasteiger partial charge in [-0.05, 0) is 42.5 Å². The van der Waals surface area contributed by atoms with E-state index < -0.39 is 11.9 Å². The maximum atomic E-state index is 12.0. The number of rotatable bonds is 9. The molecule has 0 bridgehead atoms. The van der Waals surface area contributed by atoms with E-state index in [4.69, 9.17) is 9.84 Å². The average molecular weight is 359 g/mol. The normalized spacial score (nSPS) is 14.7. The van der Waals surface area contributed by atoms with Gasteiger partial charge in [0.15, 0.2) is 0 Å². The Hall–Kier alpha value is -2.30. The summed E-state index contributed by atoms with van der Waals surface area (Å²) in [6.07, 6.45) is 7.61. The Morgan fingerprint density at radius 1 is 1.27 bits per heavy atom. The second-order valence-electron chi connectivity index (χ2n) is 6.86. The lowest BCUT2D eigenvalue weighted by atomic mass is 9.87. The molecule has 142 valence electrons. The summed E-state index contributed by atoms with van der Waals surface area (Å²) < 4.78 is 5.01. The molecule has 1 aromatic carbocycles. The fourth-order valence-electron chi connectivity index (χ4n) is 3.51. The summed E-state index contributed by atoms with van der Waals surface area (Å²) in [6, 6.07) is 5.41. The van der Waals surface area contributed by atoms with Crippen molar-refractivity contribution in [1.29, 1.82) is 0 Å². The minimum Gasteiger partial charge on any atom is -0.481 e. The highest BCUT2D eigenvalue weighted by Crippen LogP contribution is 2.27. The fraction of sp³-hybridized carbons (Fsp3) is 0.524. The van der Waals surface area contributed by atoms with Crippen LogP contribution >= 0.6 is 0 Å². The first kappa shape index (κ1) is 20.0. The summed E-state index contributed by atoms with van der Waals surface area (Å²) in [6.45, 7) is 6.66. The number of anilines is 1. The van der Waals surface area contributed by atoms with Crippen molar-refractivity contribution in [3.8, 4) is 0 Å². The maximum absolute atomic E-state index is 12.0. The topological polar surface area (TPSA) is 75.6 Å². The van der Waals surface area contributed by atoms with E-state index in [1.807, 2.05) is 6.07 Å². The molecule has 0 aliphatic heterocycles. The van der Waals surface area contributed by atoms with Crippen molar-refractivity contribution >= 4 is 23.2 Å². The molecule has 0 saturated heterocycles. The van der Waals surface area contributed by atoms with Gasteiger partial charge in [0.25, 0.3) is 0 Å². The molecule has 0 atom stereocenters. The largest absolute Gasteiger partial charge is 0.481 e. The second kappa shape index (κ2) is 10.00. The highest BCUT2D eigenvalue weighted by molar-refractivity contribution is 6.16. The van der Waals surface area contributed by atoms with E-state index in [0.29, 0.717) is 11.1 Å². The molecular formula is C21H29NO4. The van der Waals surface area contributed by atoms with Gasteiger partial charge in [0.2, 0.25) is 0 Å². The van der Waals surface area contributed by atoms with Gasteiger partial charge in [-0.2, -0.15) is 0 Å². The van der Waals surface area contributed by atoms with E-state index in [0.717, 1.165) is 24.6 Å². The van der Waals surface area contributed by atoms with Crippen LogP contribution in [0.3, 0.4) is 0 Å². The summed E-state index contributed by atoms with van der Waals surface area (Å²) in [7, 11) is 0. The molecule has 0 amide bonds. The summed E-state index contributed by atoms with van der Waals surface area (Å²) in [4.78, 5) is 23.1. The van der Waals surface area contributed by atoms with Crippen LogP contribution in [0.25, 0.3) is 5.57 Å². The zero-order valence-corrected chi connectivity index (χ0v) is 15.6. The van der Waals surface area contributed by atoms with Gasteiger partial charge in [-0.25, -0.2) is 4.79 Å². The van der Waals surface area contributed by atoms with E-state index in [1.165, 1.54) is 32.1 Å². The maximum Gasteiger partial charge on any atom is 0.338 e. The van der Waals surface area contributed by atoms with Crippen LogP contribution in [0.2, 0.25) is 0 Å². The first-order chi connectivity index (χ1) is 12.5. The van der Waals surface area contributed by atoms with Gasteiger partial charge in [0.05, 0.1) is 18.6 Å². The first-order valence-corrected chi connectivity index (χ1v) is 9.46. The van der Waals surface area contributed by atoms with E-state index in [2.05, 4.69) is 11.9 Å². The van der Waals surface area contributed by atoms with Gasteiger partial charge in [0, 0.05) is 12.2 Å². The van der Waals surface area contributed by atoms with Crippen molar-refractivity contribution in [3.05, 3.63) is 35.9 Å². The van der Waals surface area contributed by atoms with Crippen molar-refractivity contribution in [3.63, 3.8) is 0 Å². The van der Waals surface area contributed by atoms with Crippen molar-refractivity contribution < 1.29 is 19.4 Å². The third-order valence-corrected chi connectivity index (χ3v) is 4.90. The van der Waals surface area contributed by atoms with E-state index >= 15 is 0 Å². The number of nitrogens with one attached hydrogen (secondary N) is 1. The lowest BCUT2D eigenvalue weighted by Crippen LogP contribution is -2.13. The highest BCUT2D eigenvalue weighted by atomic mass is 16.5. The Kier molecular flexibility index (Phi) is 7.70. The Bertz CT molecular complexity index is 647. The van der Waals surface area contributed by atoms with Crippen LogP contribution in [0.1, 0.15) is 56.6 Å². The Balaban J connectivity index is 2.07. The van der Waals surface area contributed by atoms with E-state index in [-0.39, 0.29) is 18.6 Å². The molecule has 0 heterocycles. The number of carbonyl (C=O) groups is 2. The predicted molar refractivity (Wildman–Crippen MR) is 103 cm³/mol. The van der Waals surface area contributed by atoms with Gasteiger partial charge < -0.3 is 15.2 Å². The number of aliphatic carboxylic acids is 1. The van der Waals surface area contributed by atoms with Gasteiger partial charge in [-0.15, -0.1) is 0 Å². The van der Waals surface area contributed by atoms with Gasteiger partial charge in [0.1, 0.15) is 0 Å². The quantitative estimate of drug-likeness (QED) is 0.509. The van der Waals surface area contributed by atoms with E-state index in [1.54, 1.807) is 19.1 Å². The number of esters is 1. The number of hydrogen-bond donors (Lipinski definition) is 2. The minimum absolute atomic E-state index is 0.157. The summed E-state index contributed by atoms with van der Waals surface area (Å²) in [5, 5.41) is 12.5. The Morgan fingerprint density at radius 2 is 2.00 bits per heavy atom. The molecular weight excluding hydrogens is 330 g/mol. The molecule has 1 fully saturated rings. The van der Waals surface area contributed by atoms with Gasteiger partial charge in [-0.3, -0.25) is 4.79 Å². The molecule has 1 saturated carbocycles. The van der Waals surface area contributed by atoms with Crippen LogP contribution in [-0.2, 0) is 20.7 Å². The SMILES string of the molecule is C=C(C(=O)OCC)c1cc(NCCC2CCCCC2)ccc1CC(=O)O. The molecule has 0 unspecified atom stereocenters. The number of benzene rings is 1. The van der Waals surface area contributed by atoms with Crippen molar-refractivity contribution in [1.82, 2.24) is 0 Å². The first-order valence-electron chi connectivity index (χ1n) is 9.46. The molecule has 1 aromatic rings. The third-order valence-electron chi connectivity index (χ3n) is 4.90. The lowest BCUT2D eigenvalue weighted by molar-refractivity contribution is -0.137. The average Bonchev–Trinajstić information content (AvgIpc) is 2.63. The molecule has 26 heavy (non-hydrogen) atoms. The molecule has 2 N–H and O–H groups in total.